The van der Waals surface area contributed by atoms with Gasteiger partial charge in [-0.05, 0) is 12.1 Å². The van der Waals surface area contributed by atoms with Crippen molar-refractivity contribution in [2.75, 3.05) is 6.61 Å². The van der Waals surface area contributed by atoms with Gasteiger partial charge in [0.25, 0.3) is 0 Å². The summed E-state index contributed by atoms with van der Waals surface area (Å²) in [5.74, 6) is -3.61. The third-order valence-electron chi connectivity index (χ3n) is 4.51. The van der Waals surface area contributed by atoms with Gasteiger partial charge in [-0.1, -0.05) is 0 Å². The summed E-state index contributed by atoms with van der Waals surface area (Å²) in [7, 11) is 0. The summed E-state index contributed by atoms with van der Waals surface area (Å²) >= 11 is 0. The molecule has 0 aromatic heterocycles. The van der Waals surface area contributed by atoms with Crippen LogP contribution in [0.15, 0.2) is 18.2 Å². The first-order chi connectivity index (χ1) is 16.4. The molecule has 0 bridgehead atoms. The number of nitrogens with zero attached hydrogens (tertiary/aromatic N) is 1. The zero-order valence-electron chi connectivity index (χ0n) is 19.2. The summed E-state index contributed by atoms with van der Waals surface area (Å²) in [5.41, 5.74) is -0.618. The Morgan fingerprint density at radius 3 is 2.03 bits per heavy atom. The quantitative estimate of drug-likeness (QED) is 0.154. The maximum atomic E-state index is 11.8. The van der Waals surface area contributed by atoms with Crippen LogP contribution in [0.1, 0.15) is 38.1 Å². The van der Waals surface area contributed by atoms with Crippen molar-refractivity contribution in [3.8, 4) is 5.75 Å². The molecule has 2 rings (SSSR count). The zero-order chi connectivity index (χ0) is 26.3. The number of hydrogen-bond acceptors (Lipinski definition) is 13. The summed E-state index contributed by atoms with van der Waals surface area (Å²) in [6, 6.07) is 3.31. The predicted octanol–water partition coefficient (Wildman–Crippen LogP) is 0.869. The van der Waals surface area contributed by atoms with Gasteiger partial charge in [0.2, 0.25) is 12.4 Å². The molecule has 1 aromatic rings. The molecule has 1 aromatic carbocycles. The Morgan fingerprint density at radius 1 is 0.943 bits per heavy atom. The number of rotatable bonds is 9. The molecule has 0 radical (unpaired) electrons. The number of ether oxygens (including phenoxy) is 6. The number of hydrogen-bond donors (Lipinski definition) is 0. The summed E-state index contributed by atoms with van der Waals surface area (Å²) in [5, 5.41) is 11.5. The molecule has 5 atom stereocenters. The van der Waals surface area contributed by atoms with Gasteiger partial charge in [-0.15, -0.1) is 0 Å². The first-order valence-electron chi connectivity index (χ1n) is 10.1. The molecular weight excluding hydrogens is 474 g/mol. The molecule has 1 unspecified atom stereocenters. The highest BCUT2D eigenvalue weighted by molar-refractivity contribution is 5.77. The molecule has 1 aliphatic heterocycles. The molecule has 0 spiro atoms. The van der Waals surface area contributed by atoms with Crippen molar-refractivity contribution in [1.82, 2.24) is 0 Å². The molecule has 0 N–H and O–H groups in total. The fraction of sp³-hybridized carbons (Fsp3) is 0.476. The second kappa shape index (κ2) is 11.9. The van der Waals surface area contributed by atoms with Crippen molar-refractivity contribution in [1.29, 1.82) is 0 Å². The summed E-state index contributed by atoms with van der Waals surface area (Å²) in [6.45, 7) is 3.76. The number of carbonyl (C=O) groups is 5. The standard InChI is InChI=1S/C21H23NO13/c1-10(24)30-9-17-18(31-11(2)25)19(32-12(3)26)20(33-13(4)27)21(35-17)34-16-6-5-14(8-23)7-15(16)22(28)29/h5-8,17-21H,9H2,1-4H3/t17-,18+,19+,20-,21?/m1/s1. The molecule has 14 heteroatoms. The number of carbonyl (C=O) groups excluding carboxylic acids is 5. The average Bonchev–Trinajstić information content (AvgIpc) is 2.75. The molecule has 1 fully saturated rings. The van der Waals surface area contributed by atoms with Crippen LogP contribution in [0.25, 0.3) is 0 Å². The molecule has 0 amide bonds. The van der Waals surface area contributed by atoms with Crippen molar-refractivity contribution < 1.29 is 57.3 Å². The Labute approximate surface area is 198 Å². The second-order valence-electron chi connectivity index (χ2n) is 7.29. The highest BCUT2D eigenvalue weighted by Gasteiger charge is 2.53. The van der Waals surface area contributed by atoms with Gasteiger partial charge < -0.3 is 28.4 Å². The lowest BCUT2D eigenvalue weighted by atomic mass is 9.98. The van der Waals surface area contributed by atoms with E-state index in [0.717, 1.165) is 39.8 Å². The van der Waals surface area contributed by atoms with Crippen LogP contribution >= 0.6 is 0 Å². The minimum Gasteiger partial charge on any atom is -0.463 e. The van der Waals surface area contributed by atoms with Crippen LogP contribution in [0.2, 0.25) is 0 Å². The number of nitro groups is 1. The van der Waals surface area contributed by atoms with Gasteiger partial charge in [0, 0.05) is 39.3 Å². The topological polar surface area (TPSA) is 184 Å². The third-order valence-corrected chi connectivity index (χ3v) is 4.51. The van der Waals surface area contributed by atoms with E-state index >= 15 is 0 Å². The van der Waals surface area contributed by atoms with Gasteiger partial charge in [0.1, 0.15) is 19.0 Å². The van der Waals surface area contributed by atoms with Crippen LogP contribution in [-0.4, -0.2) is 72.4 Å². The van der Waals surface area contributed by atoms with E-state index in [1.165, 1.54) is 6.07 Å². The largest absolute Gasteiger partial charge is 0.463 e. The molecule has 1 saturated heterocycles. The lowest BCUT2D eigenvalue weighted by Crippen LogP contribution is -2.63. The Bertz CT molecular complexity index is 1010. The van der Waals surface area contributed by atoms with Crippen LogP contribution in [0, 0.1) is 10.1 Å². The molecular formula is C21H23NO13. The van der Waals surface area contributed by atoms with Crippen LogP contribution in [0.3, 0.4) is 0 Å². The number of esters is 4. The maximum Gasteiger partial charge on any atom is 0.311 e. The normalized spacial score (nSPS) is 23.4. The van der Waals surface area contributed by atoms with E-state index in [1.807, 2.05) is 0 Å². The SMILES string of the molecule is CC(=O)OC[C@H]1OC(Oc2ccc(C=O)cc2[N+](=O)[O-])[C@H](OC(C)=O)[C@@H](OC(C)=O)[C@H]1OC(C)=O. The van der Waals surface area contributed by atoms with E-state index in [2.05, 4.69) is 0 Å². The number of nitro benzene ring substituents is 1. The smallest absolute Gasteiger partial charge is 0.311 e. The summed E-state index contributed by atoms with van der Waals surface area (Å²) in [4.78, 5) is 68.5. The second-order valence-corrected chi connectivity index (χ2v) is 7.29. The van der Waals surface area contributed by atoms with Crippen molar-refractivity contribution in [2.24, 2.45) is 0 Å². The summed E-state index contributed by atoms with van der Waals surface area (Å²) < 4.78 is 32.0. The number of aldehydes is 1. The molecule has 0 saturated carbocycles. The van der Waals surface area contributed by atoms with Crippen LogP contribution in [0.5, 0.6) is 5.75 Å². The Kier molecular flexibility index (Phi) is 9.22. The monoisotopic (exact) mass is 497 g/mol. The first-order valence-corrected chi connectivity index (χ1v) is 10.1. The van der Waals surface area contributed by atoms with Crippen LogP contribution in [-0.2, 0) is 42.9 Å². The van der Waals surface area contributed by atoms with Crippen molar-refractivity contribution in [2.45, 2.75) is 58.4 Å². The highest BCUT2D eigenvalue weighted by atomic mass is 16.7. The molecule has 0 aliphatic carbocycles. The maximum absolute atomic E-state index is 11.8. The van der Waals surface area contributed by atoms with Gasteiger partial charge in [-0.2, -0.15) is 0 Å². The minimum atomic E-state index is -1.66. The fourth-order valence-corrected chi connectivity index (χ4v) is 3.26. The van der Waals surface area contributed by atoms with Gasteiger partial charge in [-0.25, -0.2) is 0 Å². The van der Waals surface area contributed by atoms with E-state index in [9.17, 15) is 34.1 Å². The van der Waals surface area contributed by atoms with Crippen molar-refractivity contribution >= 4 is 35.9 Å². The highest BCUT2D eigenvalue weighted by Crippen LogP contribution is 2.34. The molecule has 190 valence electrons. The van der Waals surface area contributed by atoms with E-state index in [-0.39, 0.29) is 11.3 Å². The Hall–Kier alpha value is -4.07. The lowest BCUT2D eigenvalue weighted by Gasteiger charge is -2.43. The predicted molar refractivity (Wildman–Crippen MR) is 111 cm³/mol. The van der Waals surface area contributed by atoms with E-state index in [0.29, 0.717) is 6.29 Å². The van der Waals surface area contributed by atoms with Crippen LogP contribution < -0.4 is 4.74 Å². The molecule has 14 nitrogen and oxygen atoms in total. The van der Waals surface area contributed by atoms with Gasteiger partial charge in [0.05, 0.1) is 4.92 Å². The van der Waals surface area contributed by atoms with E-state index in [4.69, 9.17) is 28.4 Å². The summed E-state index contributed by atoms with van der Waals surface area (Å²) in [6.07, 6.45) is -7.04. The van der Waals surface area contributed by atoms with Crippen molar-refractivity contribution in [3.63, 3.8) is 0 Å². The third kappa shape index (κ3) is 7.46. The average molecular weight is 497 g/mol. The van der Waals surface area contributed by atoms with Gasteiger partial charge in [-0.3, -0.25) is 34.1 Å². The number of benzene rings is 1. The fourth-order valence-electron chi connectivity index (χ4n) is 3.26. The van der Waals surface area contributed by atoms with Crippen molar-refractivity contribution in [3.05, 3.63) is 33.9 Å². The first kappa shape index (κ1) is 27.2. The molecule has 1 aliphatic rings. The van der Waals surface area contributed by atoms with Gasteiger partial charge in [0.15, 0.2) is 18.0 Å². The minimum absolute atomic E-state index is 0.00871. The molecule has 1 heterocycles. The molecule has 35 heavy (non-hydrogen) atoms. The Balaban J connectivity index is 2.55. The van der Waals surface area contributed by atoms with E-state index in [1.54, 1.807) is 0 Å². The van der Waals surface area contributed by atoms with Gasteiger partial charge >= 0.3 is 29.6 Å². The van der Waals surface area contributed by atoms with E-state index < -0.39 is 71.8 Å². The zero-order valence-corrected chi connectivity index (χ0v) is 19.2. The Morgan fingerprint density at radius 2 is 1.51 bits per heavy atom. The lowest BCUT2D eigenvalue weighted by molar-refractivity contribution is -0.387. The van der Waals surface area contributed by atoms with Crippen LogP contribution in [0.4, 0.5) is 5.69 Å².